The molecule has 0 aliphatic carbocycles. The number of hydrogen-bond donors (Lipinski definition) is 1. The van der Waals surface area contributed by atoms with E-state index in [1.165, 1.54) is 11.8 Å². The smallest absolute Gasteiger partial charge is 0.233 e. The van der Waals surface area contributed by atoms with Crippen LogP contribution in [0.2, 0.25) is 0 Å². The first-order valence-electron chi connectivity index (χ1n) is 7.78. The van der Waals surface area contributed by atoms with E-state index in [0.717, 1.165) is 16.4 Å². The normalized spacial score (nSPS) is 21.4. The van der Waals surface area contributed by atoms with E-state index in [2.05, 4.69) is 9.97 Å². The van der Waals surface area contributed by atoms with Crippen LogP contribution in [0.5, 0.6) is 0 Å². The Labute approximate surface area is 140 Å². The van der Waals surface area contributed by atoms with Crippen molar-refractivity contribution in [3.63, 3.8) is 0 Å². The Hall–Kier alpha value is -1.79. The van der Waals surface area contributed by atoms with Gasteiger partial charge in [-0.2, -0.15) is 0 Å². The Morgan fingerprint density at radius 1 is 1.30 bits per heavy atom. The molecule has 1 fully saturated rings. The molecule has 3 rings (SSSR count). The van der Waals surface area contributed by atoms with Crippen molar-refractivity contribution in [2.75, 3.05) is 18.8 Å². The molecule has 6 heteroatoms. The van der Waals surface area contributed by atoms with Gasteiger partial charge in [-0.25, -0.2) is 4.98 Å². The van der Waals surface area contributed by atoms with Crippen molar-refractivity contribution >= 4 is 17.7 Å². The lowest BCUT2D eigenvalue weighted by Gasteiger charge is -2.35. The fourth-order valence-corrected chi connectivity index (χ4v) is 3.50. The van der Waals surface area contributed by atoms with Crippen LogP contribution in [0.4, 0.5) is 0 Å². The van der Waals surface area contributed by atoms with E-state index in [-0.39, 0.29) is 18.1 Å². The summed E-state index contributed by atoms with van der Waals surface area (Å²) in [5, 5.41) is 0.770. The molecule has 5 nitrogen and oxygen atoms in total. The number of nitrogens with zero attached hydrogens (tertiary/aromatic N) is 2. The van der Waals surface area contributed by atoms with Crippen molar-refractivity contribution < 1.29 is 9.53 Å². The number of amides is 1. The number of nitrogens with one attached hydrogen (secondary N) is 1. The second-order valence-corrected chi connectivity index (χ2v) is 6.78. The number of thioether (sulfide) groups is 1. The van der Waals surface area contributed by atoms with Crippen molar-refractivity contribution in [2.45, 2.75) is 31.2 Å². The molecule has 0 spiro atoms. The minimum Gasteiger partial charge on any atom is -0.372 e. The van der Waals surface area contributed by atoms with Crippen LogP contribution in [0.3, 0.4) is 0 Å². The molecule has 0 bridgehead atoms. The van der Waals surface area contributed by atoms with Crippen molar-refractivity contribution in [1.29, 1.82) is 0 Å². The molecule has 1 N–H and O–H groups in total. The minimum absolute atomic E-state index is 0.0981. The van der Waals surface area contributed by atoms with Crippen molar-refractivity contribution in [1.82, 2.24) is 14.9 Å². The zero-order valence-electron chi connectivity index (χ0n) is 13.4. The van der Waals surface area contributed by atoms with E-state index < -0.39 is 0 Å². The van der Waals surface area contributed by atoms with Gasteiger partial charge in [-0.1, -0.05) is 42.1 Å². The predicted molar refractivity (Wildman–Crippen MR) is 91.3 cm³/mol. The maximum atomic E-state index is 12.3. The molecule has 2 heterocycles. The van der Waals surface area contributed by atoms with E-state index in [0.29, 0.717) is 18.8 Å². The summed E-state index contributed by atoms with van der Waals surface area (Å²) in [5.74, 6) is 0.524. The van der Waals surface area contributed by atoms with Gasteiger partial charge in [0.05, 0.1) is 29.9 Å². The second kappa shape index (κ2) is 7.19. The van der Waals surface area contributed by atoms with Crippen molar-refractivity contribution in [3.8, 4) is 11.3 Å². The lowest BCUT2D eigenvalue weighted by atomic mass is 10.2. The van der Waals surface area contributed by atoms with Crippen LogP contribution in [-0.2, 0) is 9.53 Å². The molecule has 1 saturated heterocycles. The summed E-state index contributed by atoms with van der Waals surface area (Å²) in [4.78, 5) is 21.8. The molecular formula is C17H21N3O2S. The number of aromatic amines is 1. The largest absolute Gasteiger partial charge is 0.372 e. The zero-order valence-corrected chi connectivity index (χ0v) is 14.2. The van der Waals surface area contributed by atoms with Crippen LogP contribution in [0.1, 0.15) is 13.8 Å². The summed E-state index contributed by atoms with van der Waals surface area (Å²) in [6.07, 6.45) is 2.00. The Kier molecular flexibility index (Phi) is 5.03. The summed E-state index contributed by atoms with van der Waals surface area (Å²) in [6.45, 7) is 5.33. The van der Waals surface area contributed by atoms with Gasteiger partial charge >= 0.3 is 0 Å². The number of carbonyl (C=O) groups is 1. The maximum Gasteiger partial charge on any atom is 0.233 e. The molecule has 2 aromatic rings. The van der Waals surface area contributed by atoms with E-state index in [1.807, 2.05) is 49.1 Å². The molecule has 0 saturated carbocycles. The third-order valence-corrected chi connectivity index (χ3v) is 4.61. The lowest BCUT2D eigenvalue weighted by molar-refractivity contribution is -0.140. The molecule has 1 aliphatic rings. The lowest BCUT2D eigenvalue weighted by Crippen LogP contribution is -2.48. The maximum absolute atomic E-state index is 12.3. The van der Waals surface area contributed by atoms with Crippen LogP contribution in [0.25, 0.3) is 11.3 Å². The first-order chi connectivity index (χ1) is 11.1. The Balaban J connectivity index is 1.56. The first-order valence-corrected chi connectivity index (χ1v) is 8.77. The van der Waals surface area contributed by atoms with Crippen LogP contribution in [0.15, 0.2) is 41.7 Å². The highest BCUT2D eigenvalue weighted by atomic mass is 32.2. The fourth-order valence-electron chi connectivity index (χ4n) is 2.74. The molecule has 122 valence electrons. The number of aromatic nitrogens is 2. The zero-order chi connectivity index (χ0) is 16.2. The van der Waals surface area contributed by atoms with Gasteiger partial charge in [-0.05, 0) is 19.4 Å². The topological polar surface area (TPSA) is 58.2 Å². The predicted octanol–water partition coefficient (Wildman–Crippen LogP) is 2.80. The van der Waals surface area contributed by atoms with Crippen LogP contribution >= 0.6 is 11.8 Å². The Morgan fingerprint density at radius 2 is 2.00 bits per heavy atom. The summed E-state index contributed by atoms with van der Waals surface area (Å²) in [5.41, 5.74) is 2.06. The summed E-state index contributed by atoms with van der Waals surface area (Å²) >= 11 is 1.44. The number of hydrogen-bond acceptors (Lipinski definition) is 4. The summed E-state index contributed by atoms with van der Waals surface area (Å²) in [7, 11) is 0. The van der Waals surface area contributed by atoms with E-state index in [9.17, 15) is 4.79 Å². The van der Waals surface area contributed by atoms with E-state index >= 15 is 0 Å². The molecule has 1 aliphatic heterocycles. The Bertz CT molecular complexity index is 649. The number of imidazole rings is 1. The molecule has 1 aromatic carbocycles. The first kappa shape index (κ1) is 16.1. The average Bonchev–Trinajstić information content (AvgIpc) is 3.01. The number of carbonyl (C=O) groups excluding carboxylic acids is 1. The third kappa shape index (κ3) is 4.14. The molecule has 1 aromatic heterocycles. The highest BCUT2D eigenvalue weighted by molar-refractivity contribution is 7.99. The van der Waals surface area contributed by atoms with E-state index in [4.69, 9.17) is 4.74 Å². The van der Waals surface area contributed by atoms with Gasteiger partial charge in [-0.15, -0.1) is 0 Å². The summed E-state index contributed by atoms with van der Waals surface area (Å²) in [6, 6.07) is 10.0. The average molecular weight is 331 g/mol. The molecule has 1 amide bonds. The molecule has 23 heavy (non-hydrogen) atoms. The molecular weight excluding hydrogens is 310 g/mol. The van der Waals surface area contributed by atoms with Gasteiger partial charge in [0.1, 0.15) is 0 Å². The van der Waals surface area contributed by atoms with Gasteiger partial charge in [0.25, 0.3) is 0 Å². The second-order valence-electron chi connectivity index (χ2n) is 5.81. The van der Waals surface area contributed by atoms with Crippen molar-refractivity contribution in [3.05, 3.63) is 36.5 Å². The number of rotatable bonds is 4. The number of morpholine rings is 1. The van der Waals surface area contributed by atoms with Crippen molar-refractivity contribution in [2.24, 2.45) is 0 Å². The minimum atomic E-state index is 0.0981. The number of benzene rings is 1. The monoisotopic (exact) mass is 331 g/mol. The highest BCUT2D eigenvalue weighted by Crippen LogP contribution is 2.22. The Morgan fingerprint density at radius 3 is 2.70 bits per heavy atom. The van der Waals surface area contributed by atoms with Gasteiger partial charge in [0.2, 0.25) is 5.91 Å². The highest BCUT2D eigenvalue weighted by Gasteiger charge is 2.25. The SMILES string of the molecule is CC1CN(C(=O)CSc2ncc(-c3ccccc3)[nH]2)CC(C)O1. The van der Waals surface area contributed by atoms with E-state index in [1.54, 1.807) is 6.20 Å². The molecule has 2 unspecified atom stereocenters. The molecule has 2 atom stereocenters. The number of H-pyrrole nitrogens is 1. The molecule has 0 radical (unpaired) electrons. The fraction of sp³-hybridized carbons (Fsp3) is 0.412. The third-order valence-electron chi connectivity index (χ3n) is 3.74. The van der Waals surface area contributed by atoms with Gasteiger partial charge in [0.15, 0.2) is 5.16 Å². The van der Waals surface area contributed by atoms with Crippen LogP contribution < -0.4 is 0 Å². The number of ether oxygens (including phenoxy) is 1. The van der Waals surface area contributed by atoms with Crippen LogP contribution in [0, 0.1) is 0 Å². The summed E-state index contributed by atoms with van der Waals surface area (Å²) < 4.78 is 5.66. The standard InChI is InChI=1S/C17H21N3O2S/c1-12-9-20(10-13(2)22-12)16(21)11-23-17-18-8-15(19-17)14-6-4-3-5-7-14/h3-8,12-13H,9-11H2,1-2H3,(H,18,19). The van der Waals surface area contributed by atoms with Gasteiger partial charge < -0.3 is 14.6 Å². The van der Waals surface area contributed by atoms with Gasteiger partial charge in [0, 0.05) is 13.1 Å². The van der Waals surface area contributed by atoms with Gasteiger partial charge in [-0.3, -0.25) is 4.79 Å². The quantitative estimate of drug-likeness (QED) is 0.875. The van der Waals surface area contributed by atoms with Crippen LogP contribution in [-0.4, -0.2) is 51.8 Å².